The summed E-state index contributed by atoms with van der Waals surface area (Å²) in [4.78, 5) is 0. The summed E-state index contributed by atoms with van der Waals surface area (Å²) in [5.74, 6) is 2.20. The maximum atomic E-state index is 5.54. The molecule has 2 aliphatic carbocycles. The predicted octanol–water partition coefficient (Wildman–Crippen LogP) is 4.22. The van der Waals surface area contributed by atoms with Crippen LogP contribution in [-0.2, 0) is 6.42 Å². The molecule has 2 nitrogen and oxygen atoms in total. The fourth-order valence-electron chi connectivity index (χ4n) is 3.64. The molecule has 2 aliphatic rings. The minimum absolute atomic E-state index is 0.552. The highest BCUT2D eigenvalue weighted by Gasteiger charge is 2.22. The molecule has 0 saturated heterocycles. The first kappa shape index (κ1) is 12.3. The summed E-state index contributed by atoms with van der Waals surface area (Å²) >= 11 is 0. The van der Waals surface area contributed by atoms with Crippen molar-refractivity contribution >= 4 is 0 Å². The molecule has 0 bridgehead atoms. The molecule has 1 saturated carbocycles. The molecule has 18 heavy (non-hydrogen) atoms. The molecule has 0 radical (unpaired) electrons. The summed E-state index contributed by atoms with van der Waals surface area (Å²) in [5.41, 5.74) is 1.42. The number of rotatable bonds is 4. The molecule has 1 fully saturated rings. The SMILES string of the molecule is c1cc2c(o1)CCCC2NCCC1CCCCC1. The molecular weight excluding hydrogens is 222 g/mol. The molecule has 2 heteroatoms. The van der Waals surface area contributed by atoms with Gasteiger partial charge in [0, 0.05) is 18.0 Å². The van der Waals surface area contributed by atoms with Gasteiger partial charge in [-0.2, -0.15) is 0 Å². The molecule has 1 atom stereocenters. The Morgan fingerprint density at radius 2 is 2.00 bits per heavy atom. The lowest BCUT2D eigenvalue weighted by atomic mass is 9.86. The second-order valence-electron chi connectivity index (χ2n) is 5.99. The second-order valence-corrected chi connectivity index (χ2v) is 5.99. The molecule has 0 amide bonds. The van der Waals surface area contributed by atoms with E-state index in [1.807, 2.05) is 6.26 Å². The topological polar surface area (TPSA) is 25.2 Å². The first-order valence-corrected chi connectivity index (χ1v) is 7.73. The quantitative estimate of drug-likeness (QED) is 0.862. The Kier molecular flexibility index (Phi) is 4.04. The van der Waals surface area contributed by atoms with Gasteiger partial charge in [0.25, 0.3) is 0 Å². The zero-order chi connectivity index (χ0) is 12.2. The molecule has 3 rings (SSSR count). The average molecular weight is 247 g/mol. The molecule has 1 N–H and O–H groups in total. The Hall–Kier alpha value is -0.760. The van der Waals surface area contributed by atoms with Gasteiger partial charge < -0.3 is 9.73 Å². The average Bonchev–Trinajstić information content (AvgIpc) is 2.89. The number of fused-ring (bicyclic) bond motifs is 1. The van der Waals surface area contributed by atoms with E-state index in [2.05, 4.69) is 11.4 Å². The van der Waals surface area contributed by atoms with Crippen LogP contribution in [0.1, 0.15) is 68.7 Å². The molecular formula is C16H25NO. The Morgan fingerprint density at radius 3 is 2.89 bits per heavy atom. The predicted molar refractivity (Wildman–Crippen MR) is 73.6 cm³/mol. The van der Waals surface area contributed by atoms with Gasteiger partial charge in [0.1, 0.15) is 5.76 Å². The lowest BCUT2D eigenvalue weighted by Gasteiger charge is -2.25. The number of aryl methyl sites for hydroxylation is 1. The van der Waals surface area contributed by atoms with E-state index in [1.54, 1.807) is 0 Å². The van der Waals surface area contributed by atoms with E-state index in [1.165, 1.54) is 69.2 Å². The molecule has 0 spiro atoms. The summed E-state index contributed by atoms with van der Waals surface area (Å²) in [6.07, 6.45) is 14.2. The van der Waals surface area contributed by atoms with Gasteiger partial charge in [-0.1, -0.05) is 32.1 Å². The van der Waals surface area contributed by atoms with E-state index < -0.39 is 0 Å². The highest BCUT2D eigenvalue weighted by molar-refractivity contribution is 5.23. The highest BCUT2D eigenvalue weighted by atomic mass is 16.3. The van der Waals surface area contributed by atoms with Crippen LogP contribution in [0.2, 0.25) is 0 Å². The van der Waals surface area contributed by atoms with Gasteiger partial charge in [0.05, 0.1) is 6.26 Å². The van der Waals surface area contributed by atoms with Crippen LogP contribution in [0.4, 0.5) is 0 Å². The minimum Gasteiger partial charge on any atom is -0.469 e. The fourth-order valence-corrected chi connectivity index (χ4v) is 3.64. The Balaban J connectivity index is 1.46. The molecule has 1 aromatic heterocycles. The van der Waals surface area contributed by atoms with Gasteiger partial charge in [-0.15, -0.1) is 0 Å². The van der Waals surface area contributed by atoms with Gasteiger partial charge in [-0.3, -0.25) is 0 Å². The van der Waals surface area contributed by atoms with Crippen molar-refractivity contribution in [1.82, 2.24) is 5.32 Å². The Labute approximate surface area is 110 Å². The lowest BCUT2D eigenvalue weighted by Crippen LogP contribution is -2.27. The maximum absolute atomic E-state index is 5.54. The summed E-state index contributed by atoms with van der Waals surface area (Å²) < 4.78 is 5.54. The van der Waals surface area contributed by atoms with Crippen LogP contribution >= 0.6 is 0 Å². The van der Waals surface area contributed by atoms with Gasteiger partial charge in [-0.05, 0) is 37.8 Å². The summed E-state index contributed by atoms with van der Waals surface area (Å²) in [6, 6.07) is 2.71. The van der Waals surface area contributed by atoms with Crippen LogP contribution in [-0.4, -0.2) is 6.54 Å². The summed E-state index contributed by atoms with van der Waals surface area (Å²) in [7, 11) is 0. The van der Waals surface area contributed by atoms with Crippen LogP contribution in [0.5, 0.6) is 0 Å². The molecule has 100 valence electrons. The van der Waals surface area contributed by atoms with Crippen molar-refractivity contribution in [2.45, 2.75) is 63.8 Å². The first-order valence-electron chi connectivity index (χ1n) is 7.73. The normalized spacial score (nSPS) is 25.0. The maximum Gasteiger partial charge on any atom is 0.108 e. The number of hydrogen-bond donors (Lipinski definition) is 1. The van der Waals surface area contributed by atoms with Crippen molar-refractivity contribution in [3.63, 3.8) is 0 Å². The van der Waals surface area contributed by atoms with Crippen LogP contribution < -0.4 is 5.32 Å². The van der Waals surface area contributed by atoms with Crippen LogP contribution in [0.25, 0.3) is 0 Å². The van der Waals surface area contributed by atoms with Crippen molar-refractivity contribution < 1.29 is 4.42 Å². The van der Waals surface area contributed by atoms with Crippen LogP contribution in [0.15, 0.2) is 16.7 Å². The molecule has 0 aromatic carbocycles. The number of furan rings is 1. The van der Waals surface area contributed by atoms with Crippen LogP contribution in [0.3, 0.4) is 0 Å². The molecule has 1 unspecified atom stereocenters. The van der Waals surface area contributed by atoms with Gasteiger partial charge >= 0.3 is 0 Å². The van der Waals surface area contributed by atoms with Crippen LogP contribution in [0, 0.1) is 5.92 Å². The zero-order valence-corrected chi connectivity index (χ0v) is 11.3. The number of hydrogen-bond acceptors (Lipinski definition) is 2. The Bertz CT molecular complexity index is 365. The van der Waals surface area contributed by atoms with Crippen molar-refractivity contribution in [1.29, 1.82) is 0 Å². The van der Waals surface area contributed by atoms with Crippen molar-refractivity contribution in [3.8, 4) is 0 Å². The third-order valence-corrected chi connectivity index (χ3v) is 4.72. The smallest absolute Gasteiger partial charge is 0.108 e. The molecule has 1 heterocycles. The monoisotopic (exact) mass is 247 g/mol. The fraction of sp³-hybridized carbons (Fsp3) is 0.750. The third kappa shape index (κ3) is 2.80. The van der Waals surface area contributed by atoms with Crippen molar-refractivity contribution in [2.75, 3.05) is 6.54 Å². The van der Waals surface area contributed by atoms with E-state index in [9.17, 15) is 0 Å². The van der Waals surface area contributed by atoms with E-state index in [0.717, 1.165) is 12.3 Å². The van der Waals surface area contributed by atoms with Gasteiger partial charge in [0.2, 0.25) is 0 Å². The minimum atomic E-state index is 0.552. The second kappa shape index (κ2) is 5.92. The highest BCUT2D eigenvalue weighted by Crippen LogP contribution is 2.31. The van der Waals surface area contributed by atoms with Crippen molar-refractivity contribution in [3.05, 3.63) is 23.7 Å². The number of nitrogens with one attached hydrogen (secondary N) is 1. The van der Waals surface area contributed by atoms with Gasteiger partial charge in [0.15, 0.2) is 0 Å². The van der Waals surface area contributed by atoms with Gasteiger partial charge in [-0.25, -0.2) is 0 Å². The standard InChI is InChI=1S/C16H25NO/c1-2-5-13(6-3-1)9-11-17-15-7-4-8-16-14(15)10-12-18-16/h10,12-13,15,17H,1-9,11H2. The van der Waals surface area contributed by atoms with E-state index in [4.69, 9.17) is 4.42 Å². The largest absolute Gasteiger partial charge is 0.469 e. The summed E-state index contributed by atoms with van der Waals surface area (Å²) in [5, 5.41) is 3.75. The van der Waals surface area contributed by atoms with E-state index in [0.29, 0.717) is 6.04 Å². The zero-order valence-electron chi connectivity index (χ0n) is 11.3. The molecule has 0 aliphatic heterocycles. The first-order chi connectivity index (χ1) is 8.93. The Morgan fingerprint density at radius 1 is 1.11 bits per heavy atom. The van der Waals surface area contributed by atoms with E-state index in [-0.39, 0.29) is 0 Å². The van der Waals surface area contributed by atoms with E-state index >= 15 is 0 Å². The molecule has 1 aromatic rings. The lowest BCUT2D eigenvalue weighted by molar-refractivity contribution is 0.321. The summed E-state index contributed by atoms with van der Waals surface area (Å²) in [6.45, 7) is 1.18. The third-order valence-electron chi connectivity index (χ3n) is 4.72. The van der Waals surface area contributed by atoms with Crippen molar-refractivity contribution in [2.24, 2.45) is 5.92 Å².